The third-order valence-electron chi connectivity index (χ3n) is 3.34. The van der Waals surface area contributed by atoms with E-state index in [1.807, 2.05) is 44.3 Å². The molecule has 2 aromatic heterocycles. The van der Waals surface area contributed by atoms with Crippen molar-refractivity contribution in [2.24, 2.45) is 7.05 Å². The number of nitrogens with zero attached hydrogens (tertiary/aromatic N) is 2. The van der Waals surface area contributed by atoms with Gasteiger partial charge in [-0.15, -0.1) is 0 Å². The van der Waals surface area contributed by atoms with Gasteiger partial charge in [-0.1, -0.05) is 19.9 Å². The Morgan fingerprint density at radius 1 is 1.00 bits per heavy atom. The second-order valence-electron chi connectivity index (χ2n) is 4.72. The summed E-state index contributed by atoms with van der Waals surface area (Å²) in [5.74, 6) is 0. The van der Waals surface area contributed by atoms with E-state index in [1.165, 1.54) is 5.56 Å². The number of benzene rings is 1. The van der Waals surface area contributed by atoms with E-state index in [0.29, 0.717) is 0 Å². The van der Waals surface area contributed by atoms with Gasteiger partial charge in [0.25, 0.3) is 5.56 Å². The molecule has 1 aromatic carbocycles. The Morgan fingerprint density at radius 3 is 2.48 bits per heavy atom. The molecule has 0 fully saturated rings. The molecule has 0 spiro atoms. The maximum Gasteiger partial charge on any atom is 0.250 e. The normalized spacial score (nSPS) is 10.1. The number of hydrogen-bond donors (Lipinski definition) is 0. The van der Waals surface area contributed by atoms with E-state index >= 15 is 0 Å². The molecular weight excluding hydrogens is 260 g/mol. The van der Waals surface area contributed by atoms with E-state index in [-0.39, 0.29) is 5.56 Å². The van der Waals surface area contributed by atoms with E-state index in [0.717, 1.165) is 22.2 Å². The predicted octanol–water partition coefficient (Wildman–Crippen LogP) is 3.94. The Hall–Kier alpha value is -2.42. The summed E-state index contributed by atoms with van der Waals surface area (Å²) in [6.45, 7) is 6.05. The molecular formula is C18H20N2O. The van der Waals surface area contributed by atoms with Crippen LogP contribution >= 0.6 is 0 Å². The SMILES string of the molecule is CC.Cc1ccnc(-c2ccc3c(ccc(=O)n3C)c2)c1. The molecule has 0 radical (unpaired) electrons. The summed E-state index contributed by atoms with van der Waals surface area (Å²) in [7, 11) is 1.79. The number of aryl methyl sites for hydroxylation is 2. The van der Waals surface area contributed by atoms with E-state index in [9.17, 15) is 4.79 Å². The number of rotatable bonds is 1. The fourth-order valence-corrected chi connectivity index (χ4v) is 2.24. The van der Waals surface area contributed by atoms with Crippen LogP contribution in [-0.4, -0.2) is 9.55 Å². The smallest absolute Gasteiger partial charge is 0.250 e. The van der Waals surface area contributed by atoms with E-state index < -0.39 is 0 Å². The molecule has 0 saturated carbocycles. The second kappa shape index (κ2) is 6.35. The lowest BCUT2D eigenvalue weighted by atomic mass is 10.1. The van der Waals surface area contributed by atoms with E-state index in [4.69, 9.17) is 0 Å². The van der Waals surface area contributed by atoms with Crippen molar-refractivity contribution in [3.05, 3.63) is 64.6 Å². The van der Waals surface area contributed by atoms with E-state index in [1.54, 1.807) is 17.7 Å². The van der Waals surface area contributed by atoms with Gasteiger partial charge in [-0.05, 0) is 48.2 Å². The zero-order valence-corrected chi connectivity index (χ0v) is 12.9. The lowest BCUT2D eigenvalue weighted by Crippen LogP contribution is -2.14. The highest BCUT2D eigenvalue weighted by molar-refractivity contribution is 5.84. The number of pyridine rings is 2. The quantitative estimate of drug-likeness (QED) is 0.677. The minimum Gasteiger partial charge on any atom is -0.311 e. The van der Waals surface area contributed by atoms with Crippen LogP contribution in [0.5, 0.6) is 0 Å². The molecule has 0 atom stereocenters. The topological polar surface area (TPSA) is 34.9 Å². The molecule has 0 bridgehead atoms. The van der Waals surface area contributed by atoms with Gasteiger partial charge in [-0.3, -0.25) is 9.78 Å². The molecule has 21 heavy (non-hydrogen) atoms. The lowest BCUT2D eigenvalue weighted by Gasteiger charge is -2.07. The van der Waals surface area contributed by atoms with Crippen molar-refractivity contribution in [3.8, 4) is 11.3 Å². The van der Waals surface area contributed by atoms with Gasteiger partial charge in [0, 0.05) is 24.9 Å². The van der Waals surface area contributed by atoms with Crippen LogP contribution in [0.3, 0.4) is 0 Å². The Kier molecular flexibility index (Phi) is 4.53. The summed E-state index contributed by atoms with van der Waals surface area (Å²) in [6, 6.07) is 13.5. The van der Waals surface area contributed by atoms with Gasteiger partial charge in [0.2, 0.25) is 0 Å². The van der Waals surface area contributed by atoms with Crippen molar-refractivity contribution in [1.82, 2.24) is 9.55 Å². The summed E-state index contributed by atoms with van der Waals surface area (Å²) in [6.07, 6.45) is 1.82. The predicted molar refractivity (Wildman–Crippen MR) is 88.5 cm³/mol. The molecule has 0 aliphatic heterocycles. The first-order valence-corrected chi connectivity index (χ1v) is 7.18. The van der Waals surface area contributed by atoms with Crippen molar-refractivity contribution in [2.75, 3.05) is 0 Å². The average Bonchev–Trinajstić information content (AvgIpc) is 2.53. The molecule has 0 saturated heterocycles. The first-order chi connectivity index (χ1) is 10.1. The number of aromatic nitrogens is 2. The number of hydrogen-bond acceptors (Lipinski definition) is 2. The molecule has 108 valence electrons. The summed E-state index contributed by atoms with van der Waals surface area (Å²) < 4.78 is 1.66. The van der Waals surface area contributed by atoms with Gasteiger partial charge >= 0.3 is 0 Å². The van der Waals surface area contributed by atoms with Gasteiger partial charge in [0.1, 0.15) is 0 Å². The fourth-order valence-electron chi connectivity index (χ4n) is 2.24. The highest BCUT2D eigenvalue weighted by atomic mass is 16.1. The van der Waals surface area contributed by atoms with Crippen LogP contribution < -0.4 is 5.56 Å². The second-order valence-corrected chi connectivity index (χ2v) is 4.72. The zero-order valence-electron chi connectivity index (χ0n) is 12.9. The third kappa shape index (κ3) is 3.02. The lowest BCUT2D eigenvalue weighted by molar-refractivity contribution is 0.906. The molecule has 3 aromatic rings. The van der Waals surface area contributed by atoms with Crippen LogP contribution in [0.1, 0.15) is 19.4 Å². The van der Waals surface area contributed by atoms with Crippen LogP contribution in [0.15, 0.2) is 53.5 Å². The van der Waals surface area contributed by atoms with Crippen molar-refractivity contribution >= 4 is 10.9 Å². The molecule has 3 nitrogen and oxygen atoms in total. The third-order valence-corrected chi connectivity index (χ3v) is 3.34. The molecule has 0 aliphatic carbocycles. The zero-order chi connectivity index (χ0) is 15.4. The van der Waals surface area contributed by atoms with Crippen molar-refractivity contribution < 1.29 is 0 Å². The summed E-state index contributed by atoms with van der Waals surface area (Å²) in [4.78, 5) is 16.0. The van der Waals surface area contributed by atoms with Crippen LogP contribution in [-0.2, 0) is 7.05 Å². The highest BCUT2D eigenvalue weighted by Crippen LogP contribution is 2.22. The molecule has 3 heteroatoms. The van der Waals surface area contributed by atoms with Crippen LogP contribution in [0.2, 0.25) is 0 Å². The molecule has 0 unspecified atom stereocenters. The summed E-state index contributed by atoms with van der Waals surface area (Å²) in [5.41, 5.74) is 4.15. The van der Waals surface area contributed by atoms with Crippen molar-refractivity contribution in [3.63, 3.8) is 0 Å². The molecule has 0 N–H and O–H groups in total. The largest absolute Gasteiger partial charge is 0.311 e. The maximum absolute atomic E-state index is 11.6. The average molecular weight is 280 g/mol. The van der Waals surface area contributed by atoms with Crippen molar-refractivity contribution in [1.29, 1.82) is 0 Å². The monoisotopic (exact) mass is 280 g/mol. The van der Waals surface area contributed by atoms with Gasteiger partial charge < -0.3 is 4.57 Å². The fraction of sp³-hybridized carbons (Fsp3) is 0.222. The minimum absolute atomic E-state index is 0.00827. The Balaban J connectivity index is 0.000000774. The maximum atomic E-state index is 11.6. The minimum atomic E-state index is 0.00827. The van der Waals surface area contributed by atoms with Gasteiger partial charge in [-0.2, -0.15) is 0 Å². The Morgan fingerprint density at radius 2 is 1.76 bits per heavy atom. The van der Waals surface area contributed by atoms with Gasteiger partial charge in [0.05, 0.1) is 11.2 Å². The first-order valence-electron chi connectivity index (χ1n) is 7.18. The standard InChI is InChI=1S/C16H14N2O.C2H6/c1-11-7-8-17-14(9-11)12-3-5-15-13(10-12)4-6-16(19)18(15)2;1-2/h3-10H,1-2H3;1-2H3. The molecule has 0 amide bonds. The Bertz CT molecular complexity index is 819. The van der Waals surface area contributed by atoms with Crippen LogP contribution in [0.4, 0.5) is 0 Å². The summed E-state index contributed by atoms with van der Waals surface area (Å²) in [5, 5.41) is 1.04. The first kappa shape index (κ1) is 15.0. The highest BCUT2D eigenvalue weighted by Gasteiger charge is 2.03. The van der Waals surface area contributed by atoms with Gasteiger partial charge in [0.15, 0.2) is 0 Å². The molecule has 3 rings (SSSR count). The number of fused-ring (bicyclic) bond motifs is 1. The van der Waals surface area contributed by atoms with Crippen LogP contribution in [0, 0.1) is 6.92 Å². The van der Waals surface area contributed by atoms with Crippen LogP contribution in [0.25, 0.3) is 22.2 Å². The van der Waals surface area contributed by atoms with Crippen molar-refractivity contribution in [2.45, 2.75) is 20.8 Å². The van der Waals surface area contributed by atoms with E-state index in [2.05, 4.69) is 24.0 Å². The Labute approximate surface area is 124 Å². The molecule has 2 heterocycles. The molecule has 0 aliphatic rings. The van der Waals surface area contributed by atoms with Gasteiger partial charge in [-0.25, -0.2) is 0 Å². The summed E-state index contributed by atoms with van der Waals surface area (Å²) >= 11 is 0.